The molecule has 0 amide bonds. The van der Waals surface area contributed by atoms with Crippen LogP contribution in [0.1, 0.15) is 18.1 Å². The minimum atomic E-state index is -4.11. The molecule has 1 aromatic carbocycles. The first kappa shape index (κ1) is 10.9. The van der Waals surface area contributed by atoms with E-state index in [0.717, 1.165) is 17.5 Å². The Morgan fingerprint density at radius 2 is 2.14 bits per heavy atom. The van der Waals surface area contributed by atoms with Crippen LogP contribution in [0.4, 0.5) is 0 Å². The van der Waals surface area contributed by atoms with Gasteiger partial charge in [-0.2, -0.15) is 8.42 Å². The van der Waals surface area contributed by atoms with Gasteiger partial charge in [0.15, 0.2) is 0 Å². The van der Waals surface area contributed by atoms with Gasteiger partial charge in [0.05, 0.1) is 4.90 Å². The first-order chi connectivity index (χ1) is 6.49. The summed E-state index contributed by atoms with van der Waals surface area (Å²) in [5, 5.41) is 0. The molecule has 0 aliphatic carbocycles. The zero-order chi connectivity index (χ0) is 10.8. The van der Waals surface area contributed by atoms with Gasteiger partial charge in [-0.05, 0) is 29.7 Å². The molecule has 0 fully saturated rings. The predicted molar refractivity (Wildman–Crippen MR) is 55.7 cm³/mol. The van der Waals surface area contributed by atoms with Crippen molar-refractivity contribution in [2.75, 3.05) is 0 Å². The van der Waals surface area contributed by atoms with Crippen LogP contribution in [-0.4, -0.2) is 13.0 Å². The van der Waals surface area contributed by atoms with E-state index in [9.17, 15) is 8.42 Å². The van der Waals surface area contributed by atoms with E-state index in [1.165, 1.54) is 12.1 Å². The molecule has 1 rings (SSSR count). The Morgan fingerprint density at radius 1 is 1.50 bits per heavy atom. The monoisotopic (exact) mass is 212 g/mol. The van der Waals surface area contributed by atoms with Crippen molar-refractivity contribution in [2.45, 2.75) is 18.2 Å². The molecule has 0 atom stereocenters. The molecule has 0 spiro atoms. The largest absolute Gasteiger partial charge is 0.294 e. The highest BCUT2D eigenvalue weighted by atomic mass is 32.2. The molecule has 0 aliphatic rings. The third-order valence-electron chi connectivity index (χ3n) is 2.02. The van der Waals surface area contributed by atoms with E-state index in [4.69, 9.17) is 4.55 Å². The van der Waals surface area contributed by atoms with Crippen molar-refractivity contribution < 1.29 is 13.0 Å². The van der Waals surface area contributed by atoms with Gasteiger partial charge in [0.1, 0.15) is 0 Å². The lowest BCUT2D eigenvalue weighted by molar-refractivity contribution is 0.483. The number of hydrogen-bond donors (Lipinski definition) is 1. The second-order valence-electron chi connectivity index (χ2n) is 2.89. The summed E-state index contributed by atoms with van der Waals surface area (Å²) in [5.74, 6) is 0. The van der Waals surface area contributed by atoms with Crippen molar-refractivity contribution in [1.29, 1.82) is 0 Å². The molecule has 0 radical (unpaired) electrons. The van der Waals surface area contributed by atoms with Crippen molar-refractivity contribution in [3.05, 3.63) is 35.9 Å². The molecule has 76 valence electrons. The zero-order valence-electron chi connectivity index (χ0n) is 7.90. The van der Waals surface area contributed by atoms with Crippen LogP contribution in [0.3, 0.4) is 0 Å². The molecular weight excluding hydrogens is 200 g/mol. The van der Waals surface area contributed by atoms with E-state index in [-0.39, 0.29) is 4.90 Å². The average molecular weight is 212 g/mol. The van der Waals surface area contributed by atoms with Gasteiger partial charge < -0.3 is 0 Å². The summed E-state index contributed by atoms with van der Waals surface area (Å²) in [4.78, 5) is -0.0930. The lowest BCUT2D eigenvalue weighted by atomic mass is 10.1. The van der Waals surface area contributed by atoms with Gasteiger partial charge in [-0.3, -0.25) is 4.55 Å². The average Bonchev–Trinajstić information content (AvgIpc) is 2.15. The van der Waals surface area contributed by atoms with Crippen molar-refractivity contribution >= 4 is 16.2 Å². The van der Waals surface area contributed by atoms with Gasteiger partial charge in [0.25, 0.3) is 10.1 Å². The van der Waals surface area contributed by atoms with E-state index in [1.54, 1.807) is 12.1 Å². The highest BCUT2D eigenvalue weighted by Crippen LogP contribution is 2.17. The zero-order valence-corrected chi connectivity index (χ0v) is 8.71. The summed E-state index contributed by atoms with van der Waals surface area (Å²) >= 11 is 0. The second-order valence-corrected chi connectivity index (χ2v) is 4.31. The highest BCUT2D eigenvalue weighted by Gasteiger charge is 2.10. The maximum absolute atomic E-state index is 10.8. The first-order valence-electron chi connectivity index (χ1n) is 4.22. The van der Waals surface area contributed by atoms with Crippen molar-refractivity contribution in [3.63, 3.8) is 0 Å². The lowest BCUT2D eigenvalue weighted by Crippen LogP contribution is -1.99. The van der Waals surface area contributed by atoms with Crippen LogP contribution in [0.25, 0.3) is 6.08 Å². The summed E-state index contributed by atoms with van der Waals surface area (Å²) < 4.78 is 30.5. The summed E-state index contributed by atoms with van der Waals surface area (Å²) in [6.45, 7) is 5.55. The van der Waals surface area contributed by atoms with Gasteiger partial charge in [-0.25, -0.2) is 0 Å². The number of hydrogen-bond acceptors (Lipinski definition) is 2. The maximum atomic E-state index is 10.8. The highest BCUT2D eigenvalue weighted by molar-refractivity contribution is 7.85. The van der Waals surface area contributed by atoms with E-state index in [1.807, 2.05) is 6.92 Å². The van der Waals surface area contributed by atoms with Gasteiger partial charge in [0, 0.05) is 0 Å². The molecule has 3 nitrogen and oxygen atoms in total. The molecule has 4 heteroatoms. The van der Waals surface area contributed by atoms with E-state index >= 15 is 0 Å². The Bertz CT molecular complexity index is 446. The molecule has 0 unspecified atom stereocenters. The quantitative estimate of drug-likeness (QED) is 0.781. The van der Waals surface area contributed by atoms with Crippen LogP contribution in [0.2, 0.25) is 0 Å². The molecule has 1 N–H and O–H groups in total. The van der Waals surface area contributed by atoms with Crippen molar-refractivity contribution in [2.24, 2.45) is 0 Å². The molecular formula is C10H12O3S. The molecule has 1 aromatic rings. The molecule has 14 heavy (non-hydrogen) atoms. The minimum Gasteiger partial charge on any atom is -0.282 e. The molecule has 0 aliphatic heterocycles. The molecule has 0 heterocycles. The van der Waals surface area contributed by atoms with Crippen LogP contribution in [0.15, 0.2) is 29.7 Å². The minimum absolute atomic E-state index is 0.0930. The van der Waals surface area contributed by atoms with Crippen molar-refractivity contribution in [1.82, 2.24) is 0 Å². The predicted octanol–water partition coefficient (Wildman–Crippen LogP) is 2.14. The number of rotatable bonds is 3. The number of aryl methyl sites for hydroxylation is 1. The lowest BCUT2D eigenvalue weighted by Gasteiger charge is -2.04. The Labute approximate surface area is 83.8 Å². The van der Waals surface area contributed by atoms with Gasteiger partial charge >= 0.3 is 0 Å². The van der Waals surface area contributed by atoms with Gasteiger partial charge in [-0.15, -0.1) is 0 Å². The third kappa shape index (κ3) is 2.21. The SMILES string of the molecule is C=Cc1cc(S(=O)(=O)O)ccc1CC. The molecule has 0 bridgehead atoms. The molecule has 0 aromatic heterocycles. The Balaban J connectivity index is 3.35. The smallest absolute Gasteiger partial charge is 0.282 e. The fraction of sp³-hybridized carbons (Fsp3) is 0.200. The summed E-state index contributed by atoms with van der Waals surface area (Å²) in [5.41, 5.74) is 1.75. The second kappa shape index (κ2) is 3.94. The standard InChI is InChI=1S/C10H12O3S/c1-3-8-5-6-10(14(11,12)13)7-9(8)4-2/h4-7H,2-3H2,1H3,(H,11,12,13). The van der Waals surface area contributed by atoms with Crippen LogP contribution >= 0.6 is 0 Å². The normalized spacial score (nSPS) is 11.3. The fourth-order valence-electron chi connectivity index (χ4n) is 1.25. The molecule has 0 saturated heterocycles. The topological polar surface area (TPSA) is 54.4 Å². The first-order valence-corrected chi connectivity index (χ1v) is 5.66. The summed E-state index contributed by atoms with van der Waals surface area (Å²) in [7, 11) is -4.11. The number of benzene rings is 1. The van der Waals surface area contributed by atoms with E-state index in [0.29, 0.717) is 0 Å². The molecule has 0 saturated carbocycles. The maximum Gasteiger partial charge on any atom is 0.294 e. The van der Waals surface area contributed by atoms with Crippen LogP contribution < -0.4 is 0 Å². The Hall–Kier alpha value is -1.13. The Kier molecular flexibility index (Phi) is 3.08. The van der Waals surface area contributed by atoms with Crippen LogP contribution in [0.5, 0.6) is 0 Å². The van der Waals surface area contributed by atoms with Crippen molar-refractivity contribution in [3.8, 4) is 0 Å². The van der Waals surface area contributed by atoms with Gasteiger partial charge in [0.2, 0.25) is 0 Å². The van der Waals surface area contributed by atoms with Crippen LogP contribution in [-0.2, 0) is 16.5 Å². The summed E-state index contributed by atoms with van der Waals surface area (Å²) in [6, 6.07) is 4.49. The van der Waals surface area contributed by atoms with Crippen LogP contribution in [0, 0.1) is 0 Å². The van der Waals surface area contributed by atoms with Gasteiger partial charge in [-0.1, -0.05) is 25.6 Å². The fourth-order valence-corrected chi connectivity index (χ4v) is 1.76. The third-order valence-corrected chi connectivity index (χ3v) is 2.87. The summed E-state index contributed by atoms with van der Waals surface area (Å²) in [6.07, 6.45) is 2.38. The van der Waals surface area contributed by atoms with E-state index in [2.05, 4.69) is 6.58 Å². The Morgan fingerprint density at radius 3 is 2.57 bits per heavy atom. The van der Waals surface area contributed by atoms with E-state index < -0.39 is 10.1 Å².